The largest absolute Gasteiger partial charge is 0.465 e. The van der Waals surface area contributed by atoms with E-state index in [2.05, 4.69) is 6.07 Å². The number of hydrogen-bond acceptors (Lipinski definition) is 5. The normalized spacial score (nSPS) is 11.0. The summed E-state index contributed by atoms with van der Waals surface area (Å²) >= 11 is 0. The van der Waals surface area contributed by atoms with Gasteiger partial charge in [-0.3, -0.25) is 4.79 Å². The van der Waals surface area contributed by atoms with Crippen LogP contribution in [0.5, 0.6) is 11.5 Å². The second-order valence-electron chi connectivity index (χ2n) is 5.01. The van der Waals surface area contributed by atoms with Crippen LogP contribution in [0.15, 0.2) is 42.5 Å². The molecule has 0 fully saturated rings. The standard InChI is InChI=1S/C19H16N2O3/c1-3-23-19(22)16(12-21)18-13(2)9-10-17(15(18)11-20)24-14-7-5-4-6-8-14/h4-10,16H,3H2,1-2H3. The maximum atomic E-state index is 12.1. The van der Waals surface area contributed by atoms with Crippen LogP contribution in [0.25, 0.3) is 0 Å². The fraction of sp³-hybridized carbons (Fsp3) is 0.211. The summed E-state index contributed by atoms with van der Waals surface area (Å²) in [7, 11) is 0. The van der Waals surface area contributed by atoms with Gasteiger partial charge in [0, 0.05) is 5.56 Å². The van der Waals surface area contributed by atoms with Gasteiger partial charge < -0.3 is 9.47 Å². The first-order chi connectivity index (χ1) is 11.6. The number of carbonyl (C=O) groups is 1. The molecule has 0 aliphatic heterocycles. The van der Waals surface area contributed by atoms with Crippen molar-refractivity contribution in [3.63, 3.8) is 0 Å². The molecule has 0 aliphatic carbocycles. The zero-order chi connectivity index (χ0) is 17.5. The third-order valence-corrected chi connectivity index (χ3v) is 3.45. The number of rotatable bonds is 5. The van der Waals surface area contributed by atoms with Gasteiger partial charge in [0.05, 0.1) is 12.7 Å². The molecule has 0 saturated heterocycles. The molecule has 0 bridgehead atoms. The Balaban J connectivity index is 2.52. The monoisotopic (exact) mass is 320 g/mol. The summed E-state index contributed by atoms with van der Waals surface area (Å²) in [4.78, 5) is 12.1. The van der Waals surface area contributed by atoms with Crippen LogP contribution in [0.2, 0.25) is 0 Å². The molecule has 120 valence electrons. The summed E-state index contributed by atoms with van der Waals surface area (Å²) in [6, 6.07) is 16.4. The molecular formula is C19H16N2O3. The lowest BCUT2D eigenvalue weighted by Crippen LogP contribution is -2.17. The maximum Gasteiger partial charge on any atom is 0.327 e. The van der Waals surface area contributed by atoms with Crippen molar-refractivity contribution in [1.82, 2.24) is 0 Å². The van der Waals surface area contributed by atoms with Crippen molar-refractivity contribution in [3.05, 3.63) is 59.2 Å². The van der Waals surface area contributed by atoms with Gasteiger partial charge in [-0.2, -0.15) is 10.5 Å². The van der Waals surface area contributed by atoms with Crippen LogP contribution in [0, 0.1) is 29.6 Å². The van der Waals surface area contributed by atoms with Crippen LogP contribution >= 0.6 is 0 Å². The van der Waals surface area contributed by atoms with Crippen LogP contribution in [0.4, 0.5) is 0 Å². The Morgan fingerprint density at radius 1 is 1.17 bits per heavy atom. The summed E-state index contributed by atoms with van der Waals surface area (Å²) < 4.78 is 10.7. The van der Waals surface area contributed by atoms with Gasteiger partial charge in [-0.25, -0.2) is 0 Å². The van der Waals surface area contributed by atoms with Gasteiger partial charge in [-0.15, -0.1) is 0 Å². The Labute approximate surface area is 140 Å². The van der Waals surface area contributed by atoms with Crippen LogP contribution in [0.1, 0.15) is 29.5 Å². The van der Waals surface area contributed by atoms with Crippen LogP contribution in [-0.2, 0) is 9.53 Å². The third kappa shape index (κ3) is 3.53. The van der Waals surface area contributed by atoms with Gasteiger partial charge in [0.1, 0.15) is 23.1 Å². The van der Waals surface area contributed by atoms with E-state index in [0.717, 1.165) is 0 Å². The molecule has 0 spiro atoms. The number of esters is 1. The van der Waals surface area contributed by atoms with Gasteiger partial charge in [0.2, 0.25) is 0 Å². The molecular weight excluding hydrogens is 304 g/mol. The molecule has 24 heavy (non-hydrogen) atoms. The second-order valence-corrected chi connectivity index (χ2v) is 5.01. The van der Waals surface area contributed by atoms with Crippen molar-refractivity contribution >= 4 is 5.97 Å². The number of benzene rings is 2. The summed E-state index contributed by atoms with van der Waals surface area (Å²) in [5.41, 5.74) is 1.15. The summed E-state index contributed by atoms with van der Waals surface area (Å²) in [6.07, 6.45) is 0. The van der Waals surface area contributed by atoms with Crippen molar-refractivity contribution < 1.29 is 14.3 Å². The number of nitriles is 2. The third-order valence-electron chi connectivity index (χ3n) is 3.45. The van der Waals surface area contributed by atoms with E-state index in [4.69, 9.17) is 9.47 Å². The minimum Gasteiger partial charge on any atom is -0.465 e. The summed E-state index contributed by atoms with van der Waals surface area (Å²) in [5.74, 6) is -0.974. The van der Waals surface area contributed by atoms with E-state index < -0.39 is 11.9 Å². The number of aryl methyl sites for hydroxylation is 1. The lowest BCUT2D eigenvalue weighted by Gasteiger charge is -2.16. The molecule has 5 heteroatoms. The number of ether oxygens (including phenoxy) is 2. The Morgan fingerprint density at radius 2 is 1.88 bits per heavy atom. The minimum atomic E-state index is -1.17. The number of para-hydroxylation sites is 1. The smallest absolute Gasteiger partial charge is 0.327 e. The van der Waals surface area contributed by atoms with E-state index >= 15 is 0 Å². The van der Waals surface area contributed by atoms with Gasteiger partial charge in [-0.05, 0) is 37.6 Å². The first-order valence-corrected chi connectivity index (χ1v) is 7.45. The predicted molar refractivity (Wildman–Crippen MR) is 87.4 cm³/mol. The molecule has 0 aliphatic rings. The quantitative estimate of drug-likeness (QED) is 0.782. The van der Waals surface area contributed by atoms with E-state index in [1.54, 1.807) is 38.1 Å². The highest BCUT2D eigenvalue weighted by Gasteiger charge is 2.28. The second kappa shape index (κ2) is 7.80. The average Bonchev–Trinajstić information content (AvgIpc) is 2.59. The van der Waals surface area contributed by atoms with Crippen molar-refractivity contribution in [2.45, 2.75) is 19.8 Å². The van der Waals surface area contributed by atoms with Gasteiger partial charge in [0.15, 0.2) is 5.92 Å². The lowest BCUT2D eigenvalue weighted by molar-refractivity contribution is -0.143. The Bertz CT molecular complexity index is 817. The zero-order valence-electron chi connectivity index (χ0n) is 13.4. The van der Waals surface area contributed by atoms with Gasteiger partial charge in [-0.1, -0.05) is 24.3 Å². The minimum absolute atomic E-state index is 0.165. The average molecular weight is 320 g/mol. The van der Waals surface area contributed by atoms with E-state index in [1.165, 1.54) is 0 Å². The fourth-order valence-corrected chi connectivity index (χ4v) is 2.35. The Morgan fingerprint density at radius 3 is 2.46 bits per heavy atom. The van der Waals surface area contributed by atoms with E-state index in [0.29, 0.717) is 22.6 Å². The molecule has 0 radical (unpaired) electrons. The maximum absolute atomic E-state index is 12.1. The molecule has 0 heterocycles. The predicted octanol–water partition coefficient (Wildman–Crippen LogP) is 3.83. The molecule has 2 rings (SSSR count). The highest BCUT2D eigenvalue weighted by Crippen LogP contribution is 2.33. The summed E-state index contributed by atoms with van der Waals surface area (Å²) in [6.45, 7) is 3.57. The number of hydrogen-bond donors (Lipinski definition) is 0. The Kier molecular flexibility index (Phi) is 5.54. The number of nitrogens with zero attached hydrogens (tertiary/aromatic N) is 2. The molecule has 1 unspecified atom stereocenters. The highest BCUT2D eigenvalue weighted by atomic mass is 16.5. The zero-order valence-corrected chi connectivity index (χ0v) is 13.4. The van der Waals surface area contributed by atoms with E-state index in [9.17, 15) is 15.3 Å². The molecule has 0 N–H and O–H groups in total. The SMILES string of the molecule is CCOC(=O)C(C#N)c1c(C)ccc(Oc2ccccc2)c1C#N. The molecule has 0 aromatic heterocycles. The molecule has 1 atom stereocenters. The molecule has 5 nitrogen and oxygen atoms in total. The van der Waals surface area contributed by atoms with Crippen LogP contribution < -0.4 is 4.74 Å². The van der Waals surface area contributed by atoms with Crippen LogP contribution in [0.3, 0.4) is 0 Å². The lowest BCUT2D eigenvalue weighted by atomic mass is 9.91. The van der Waals surface area contributed by atoms with Gasteiger partial charge >= 0.3 is 5.97 Å². The van der Waals surface area contributed by atoms with Gasteiger partial charge in [0.25, 0.3) is 0 Å². The molecule has 0 saturated carbocycles. The summed E-state index contributed by atoms with van der Waals surface area (Å²) in [5, 5.41) is 19.0. The first-order valence-electron chi connectivity index (χ1n) is 7.45. The van der Waals surface area contributed by atoms with Crippen molar-refractivity contribution in [2.75, 3.05) is 6.61 Å². The van der Waals surface area contributed by atoms with E-state index in [1.807, 2.05) is 24.3 Å². The Hall–Kier alpha value is -3.31. The van der Waals surface area contributed by atoms with Crippen molar-refractivity contribution in [2.24, 2.45) is 0 Å². The topological polar surface area (TPSA) is 83.1 Å². The highest BCUT2D eigenvalue weighted by molar-refractivity contribution is 5.83. The first kappa shape index (κ1) is 17.1. The molecule has 2 aromatic carbocycles. The molecule has 2 aromatic rings. The van der Waals surface area contributed by atoms with E-state index in [-0.39, 0.29) is 12.2 Å². The number of carbonyl (C=O) groups excluding carboxylic acids is 1. The molecule has 0 amide bonds. The van der Waals surface area contributed by atoms with Crippen molar-refractivity contribution in [1.29, 1.82) is 10.5 Å². The van der Waals surface area contributed by atoms with Crippen LogP contribution in [-0.4, -0.2) is 12.6 Å². The van der Waals surface area contributed by atoms with Crippen molar-refractivity contribution in [3.8, 4) is 23.6 Å². The fourth-order valence-electron chi connectivity index (χ4n) is 2.35.